The second-order valence-corrected chi connectivity index (χ2v) is 6.01. The Hall–Kier alpha value is -2.83. The van der Waals surface area contributed by atoms with Crippen molar-refractivity contribution in [3.05, 3.63) is 41.7 Å². The van der Waals surface area contributed by atoms with Crippen molar-refractivity contribution in [3.63, 3.8) is 0 Å². The van der Waals surface area contributed by atoms with Crippen LogP contribution in [-0.4, -0.2) is 42.1 Å². The molecule has 7 heteroatoms. The molecule has 7 nitrogen and oxygen atoms in total. The lowest BCUT2D eigenvalue weighted by Crippen LogP contribution is -2.39. The van der Waals surface area contributed by atoms with Crippen LogP contribution in [0.5, 0.6) is 5.75 Å². The van der Waals surface area contributed by atoms with Crippen LogP contribution in [0.1, 0.15) is 42.3 Å². The number of benzene rings is 1. The lowest BCUT2D eigenvalue weighted by Gasteiger charge is -2.23. The largest absolute Gasteiger partial charge is 0.496 e. The van der Waals surface area contributed by atoms with Crippen molar-refractivity contribution in [2.24, 2.45) is 0 Å². The molecule has 2 amide bonds. The Morgan fingerprint density at radius 1 is 1.27 bits per heavy atom. The molecule has 0 radical (unpaired) electrons. The van der Waals surface area contributed by atoms with Crippen LogP contribution in [-0.2, 0) is 4.79 Å². The molecule has 0 unspecified atom stereocenters. The Labute approximate surface area is 153 Å². The number of carbonyl (C=O) groups excluding carboxylic acids is 2. The molecule has 0 fully saturated rings. The van der Waals surface area contributed by atoms with Gasteiger partial charge in [0.05, 0.1) is 12.7 Å². The molecule has 0 spiro atoms. The fourth-order valence-corrected chi connectivity index (χ4v) is 2.58. The van der Waals surface area contributed by atoms with E-state index in [-0.39, 0.29) is 18.4 Å². The molecule has 0 saturated carbocycles. The van der Waals surface area contributed by atoms with Gasteiger partial charge in [0.25, 0.3) is 5.91 Å². The number of nitrogens with one attached hydrogen (secondary N) is 1. The van der Waals surface area contributed by atoms with Crippen molar-refractivity contribution in [1.29, 1.82) is 0 Å². The summed E-state index contributed by atoms with van der Waals surface area (Å²) in [7, 11) is 1.52. The van der Waals surface area contributed by atoms with Gasteiger partial charge in [0.1, 0.15) is 18.1 Å². The predicted molar refractivity (Wildman–Crippen MR) is 98.3 cm³/mol. The van der Waals surface area contributed by atoms with Crippen molar-refractivity contribution in [2.75, 3.05) is 25.5 Å². The summed E-state index contributed by atoms with van der Waals surface area (Å²) in [6.07, 6.45) is 2.84. The van der Waals surface area contributed by atoms with Gasteiger partial charge < -0.3 is 19.5 Å². The first-order chi connectivity index (χ1) is 12.5. The molecule has 1 aromatic heterocycles. The SMILES string of the molecule is CCCCCN(CC(=O)Nc1cc(C)on1)C(=O)c1ccccc1OC. The highest BCUT2D eigenvalue weighted by molar-refractivity contribution is 6.00. The third kappa shape index (κ3) is 5.34. The first-order valence-corrected chi connectivity index (χ1v) is 8.70. The number of carbonyl (C=O) groups is 2. The number of aryl methyl sites for hydroxylation is 1. The maximum absolute atomic E-state index is 12.9. The van der Waals surface area contributed by atoms with Crippen molar-refractivity contribution in [1.82, 2.24) is 10.1 Å². The molecular formula is C19H25N3O4. The Balaban J connectivity index is 2.11. The minimum absolute atomic E-state index is 0.0630. The van der Waals surface area contributed by atoms with E-state index < -0.39 is 0 Å². The molecule has 1 aromatic carbocycles. The summed E-state index contributed by atoms with van der Waals surface area (Å²) in [4.78, 5) is 26.8. The number of anilines is 1. The van der Waals surface area contributed by atoms with E-state index in [9.17, 15) is 9.59 Å². The van der Waals surface area contributed by atoms with E-state index in [2.05, 4.69) is 17.4 Å². The van der Waals surface area contributed by atoms with Crippen LogP contribution in [0.2, 0.25) is 0 Å². The van der Waals surface area contributed by atoms with Gasteiger partial charge >= 0.3 is 0 Å². The minimum Gasteiger partial charge on any atom is -0.496 e. The van der Waals surface area contributed by atoms with Crippen LogP contribution in [0.3, 0.4) is 0 Å². The van der Waals surface area contributed by atoms with Crippen LogP contribution >= 0.6 is 0 Å². The topological polar surface area (TPSA) is 84.7 Å². The standard InChI is InChI=1S/C19H25N3O4/c1-4-5-8-11-22(13-18(23)20-17-12-14(2)26-21-17)19(24)15-9-6-7-10-16(15)25-3/h6-7,9-10,12H,4-5,8,11,13H2,1-3H3,(H,20,21,23). The summed E-state index contributed by atoms with van der Waals surface area (Å²) >= 11 is 0. The highest BCUT2D eigenvalue weighted by Gasteiger charge is 2.21. The molecule has 0 bridgehead atoms. The van der Waals surface area contributed by atoms with Crippen molar-refractivity contribution in [3.8, 4) is 5.75 Å². The number of hydrogen-bond acceptors (Lipinski definition) is 5. The van der Waals surface area contributed by atoms with Gasteiger partial charge in [-0.25, -0.2) is 0 Å². The number of aromatic nitrogens is 1. The van der Waals surface area contributed by atoms with E-state index in [4.69, 9.17) is 9.26 Å². The summed E-state index contributed by atoms with van der Waals surface area (Å²) in [5.74, 6) is 0.879. The lowest BCUT2D eigenvalue weighted by atomic mass is 10.1. The van der Waals surface area contributed by atoms with Gasteiger partial charge in [-0.2, -0.15) is 0 Å². The first kappa shape index (κ1) is 19.5. The van der Waals surface area contributed by atoms with E-state index in [1.165, 1.54) is 12.0 Å². The number of amides is 2. The molecule has 26 heavy (non-hydrogen) atoms. The van der Waals surface area contributed by atoms with Crippen molar-refractivity contribution in [2.45, 2.75) is 33.1 Å². The fraction of sp³-hybridized carbons (Fsp3) is 0.421. The molecule has 0 atom stereocenters. The summed E-state index contributed by atoms with van der Waals surface area (Å²) in [6.45, 7) is 4.26. The summed E-state index contributed by atoms with van der Waals surface area (Å²) in [5.41, 5.74) is 0.441. The number of unbranched alkanes of at least 4 members (excludes halogenated alkanes) is 2. The molecule has 140 valence electrons. The highest BCUT2D eigenvalue weighted by Crippen LogP contribution is 2.20. The number of para-hydroxylation sites is 1. The Kier molecular flexibility index (Phi) is 7.20. The minimum atomic E-state index is -0.321. The smallest absolute Gasteiger partial charge is 0.258 e. The molecule has 1 N–H and O–H groups in total. The zero-order chi connectivity index (χ0) is 18.9. The van der Waals surface area contributed by atoms with Gasteiger partial charge in [0.2, 0.25) is 5.91 Å². The number of nitrogens with zero attached hydrogens (tertiary/aromatic N) is 2. The van der Waals surface area contributed by atoms with E-state index in [0.717, 1.165) is 19.3 Å². The molecule has 2 rings (SSSR count). The molecule has 2 aromatic rings. The van der Waals surface area contributed by atoms with Gasteiger partial charge in [-0.3, -0.25) is 9.59 Å². The zero-order valence-corrected chi connectivity index (χ0v) is 15.4. The molecule has 0 aliphatic carbocycles. The summed E-state index contributed by atoms with van der Waals surface area (Å²) in [6, 6.07) is 8.64. The van der Waals surface area contributed by atoms with Crippen LogP contribution in [0, 0.1) is 6.92 Å². The Morgan fingerprint density at radius 3 is 2.69 bits per heavy atom. The Bertz CT molecular complexity index is 742. The van der Waals surface area contributed by atoms with E-state index >= 15 is 0 Å². The second kappa shape index (κ2) is 9.60. The van der Waals surface area contributed by atoms with Gasteiger partial charge in [-0.15, -0.1) is 0 Å². The maximum Gasteiger partial charge on any atom is 0.258 e. The van der Waals surface area contributed by atoms with Crippen LogP contribution in [0.15, 0.2) is 34.9 Å². The van der Waals surface area contributed by atoms with E-state index in [1.54, 1.807) is 37.3 Å². The first-order valence-electron chi connectivity index (χ1n) is 8.70. The highest BCUT2D eigenvalue weighted by atomic mass is 16.5. The van der Waals surface area contributed by atoms with Gasteiger partial charge in [-0.05, 0) is 25.5 Å². The van der Waals surface area contributed by atoms with Crippen molar-refractivity contribution < 1.29 is 18.8 Å². The van der Waals surface area contributed by atoms with Gasteiger partial charge in [0.15, 0.2) is 5.82 Å². The number of hydrogen-bond donors (Lipinski definition) is 1. The van der Waals surface area contributed by atoms with Gasteiger partial charge in [-0.1, -0.05) is 37.1 Å². The second-order valence-electron chi connectivity index (χ2n) is 6.01. The monoisotopic (exact) mass is 359 g/mol. The predicted octanol–water partition coefficient (Wildman–Crippen LogP) is 3.26. The van der Waals surface area contributed by atoms with Gasteiger partial charge in [0, 0.05) is 12.6 Å². The average molecular weight is 359 g/mol. The number of methoxy groups -OCH3 is 1. The van der Waals surface area contributed by atoms with Crippen LogP contribution in [0.4, 0.5) is 5.82 Å². The molecule has 1 heterocycles. The number of rotatable bonds is 9. The fourth-order valence-electron chi connectivity index (χ4n) is 2.58. The maximum atomic E-state index is 12.9. The molecular weight excluding hydrogens is 334 g/mol. The summed E-state index contributed by atoms with van der Waals surface area (Å²) < 4.78 is 10.2. The average Bonchev–Trinajstić information content (AvgIpc) is 3.05. The quantitative estimate of drug-likeness (QED) is 0.695. The van der Waals surface area contributed by atoms with E-state index in [0.29, 0.717) is 29.4 Å². The van der Waals surface area contributed by atoms with E-state index in [1.807, 2.05) is 0 Å². The third-order valence-corrected chi connectivity index (χ3v) is 3.89. The van der Waals surface area contributed by atoms with Crippen LogP contribution < -0.4 is 10.1 Å². The zero-order valence-electron chi connectivity index (χ0n) is 15.4. The van der Waals surface area contributed by atoms with Crippen LogP contribution in [0.25, 0.3) is 0 Å². The molecule has 0 aliphatic heterocycles. The summed E-state index contributed by atoms with van der Waals surface area (Å²) in [5, 5.41) is 6.39. The lowest BCUT2D eigenvalue weighted by molar-refractivity contribution is -0.117. The third-order valence-electron chi connectivity index (χ3n) is 3.89. The normalized spacial score (nSPS) is 10.4. The molecule has 0 aliphatic rings. The van der Waals surface area contributed by atoms with Crippen molar-refractivity contribution >= 4 is 17.6 Å². The Morgan fingerprint density at radius 2 is 2.04 bits per heavy atom. The number of ether oxygens (including phenoxy) is 1. The molecule has 0 saturated heterocycles.